The minimum absolute atomic E-state index is 0.0300. The Morgan fingerprint density at radius 3 is 1.64 bits per heavy atom. The third kappa shape index (κ3) is 10.8. The van der Waals surface area contributed by atoms with Crippen molar-refractivity contribution >= 4 is 29.8 Å². The number of ether oxygens (including phenoxy) is 2. The number of hydrogen-bond donors (Lipinski definition) is 4. The molecule has 0 unspecified atom stereocenters. The van der Waals surface area contributed by atoms with E-state index in [0.29, 0.717) is 5.56 Å². The van der Waals surface area contributed by atoms with Crippen LogP contribution in [0.2, 0.25) is 0 Å². The zero-order chi connectivity index (χ0) is 30.3. The zero-order valence-corrected chi connectivity index (χ0v) is 23.0. The first kappa shape index (κ1) is 31.3. The molecule has 11 nitrogen and oxygen atoms in total. The summed E-state index contributed by atoms with van der Waals surface area (Å²) in [6.45, 7) is 1.16. The molecule has 0 bridgehead atoms. The van der Waals surface area contributed by atoms with Gasteiger partial charge in [-0.05, 0) is 23.6 Å². The molecule has 11 heteroatoms. The third-order valence-corrected chi connectivity index (χ3v) is 6.08. The summed E-state index contributed by atoms with van der Waals surface area (Å²) in [4.78, 5) is 62.9. The first-order chi connectivity index (χ1) is 20.2. The lowest BCUT2D eigenvalue weighted by atomic mass is 10.0. The topological polar surface area (TPSA) is 160 Å². The Bertz CT molecular complexity index is 1340. The van der Waals surface area contributed by atoms with Gasteiger partial charge in [0.2, 0.25) is 11.8 Å². The van der Waals surface area contributed by atoms with E-state index < -0.39 is 54.4 Å². The molecular formula is C31H33N3O8. The molecule has 42 heavy (non-hydrogen) atoms. The van der Waals surface area contributed by atoms with Crippen LogP contribution < -0.4 is 16.0 Å². The SMILES string of the molecule is C[C@H](NC(=O)[C@H](CC(=O)OCc1ccccc1)NC(=O)[C@H](Cc1ccccc1)NC(=O)OCc1ccccc1)C(=O)O. The molecule has 0 aromatic heterocycles. The van der Waals surface area contributed by atoms with E-state index in [1.807, 2.05) is 12.1 Å². The highest BCUT2D eigenvalue weighted by molar-refractivity contribution is 5.95. The Labute approximate surface area is 243 Å². The lowest BCUT2D eigenvalue weighted by molar-refractivity contribution is -0.147. The van der Waals surface area contributed by atoms with Gasteiger partial charge in [-0.1, -0.05) is 91.0 Å². The molecule has 3 atom stereocenters. The highest BCUT2D eigenvalue weighted by atomic mass is 16.5. The minimum atomic E-state index is -1.48. The number of alkyl carbamates (subject to hydrolysis) is 1. The molecule has 0 aliphatic rings. The monoisotopic (exact) mass is 575 g/mol. The largest absolute Gasteiger partial charge is 0.480 e. The molecule has 3 aromatic rings. The van der Waals surface area contributed by atoms with Crippen LogP contribution >= 0.6 is 0 Å². The smallest absolute Gasteiger partial charge is 0.408 e. The summed E-state index contributed by atoms with van der Waals surface area (Å²) in [7, 11) is 0. The highest BCUT2D eigenvalue weighted by Gasteiger charge is 2.31. The number of carboxylic acids is 1. The molecule has 0 saturated heterocycles. The maximum atomic E-state index is 13.4. The number of carbonyl (C=O) groups excluding carboxylic acids is 4. The van der Waals surface area contributed by atoms with Gasteiger partial charge in [0.25, 0.3) is 0 Å². The van der Waals surface area contributed by atoms with E-state index in [1.165, 1.54) is 6.92 Å². The van der Waals surface area contributed by atoms with Crippen molar-refractivity contribution in [2.75, 3.05) is 0 Å². The first-order valence-electron chi connectivity index (χ1n) is 13.3. The summed E-state index contributed by atoms with van der Waals surface area (Å²) >= 11 is 0. The molecule has 0 radical (unpaired) electrons. The van der Waals surface area contributed by atoms with Gasteiger partial charge in [-0.25, -0.2) is 4.79 Å². The molecule has 0 aliphatic carbocycles. The average molecular weight is 576 g/mol. The molecule has 3 rings (SSSR count). The maximum Gasteiger partial charge on any atom is 0.408 e. The van der Waals surface area contributed by atoms with E-state index in [1.54, 1.807) is 78.9 Å². The highest BCUT2D eigenvalue weighted by Crippen LogP contribution is 2.08. The first-order valence-corrected chi connectivity index (χ1v) is 13.3. The molecule has 3 amide bonds. The van der Waals surface area contributed by atoms with Gasteiger partial charge in [-0.2, -0.15) is 0 Å². The molecule has 0 spiro atoms. The fourth-order valence-electron chi connectivity index (χ4n) is 3.79. The number of carbonyl (C=O) groups is 5. The van der Waals surface area contributed by atoms with Crippen molar-refractivity contribution in [1.29, 1.82) is 0 Å². The summed E-state index contributed by atoms with van der Waals surface area (Å²) in [5.74, 6) is -3.78. The molecule has 3 aromatic carbocycles. The average Bonchev–Trinajstić information content (AvgIpc) is 2.99. The van der Waals surface area contributed by atoms with Crippen LogP contribution in [0.1, 0.15) is 30.0 Å². The Balaban J connectivity index is 1.72. The number of benzene rings is 3. The van der Waals surface area contributed by atoms with Gasteiger partial charge in [-0.3, -0.25) is 19.2 Å². The standard InChI is InChI=1S/C31H33N3O8/c1-21(30(38)39)32-28(36)26(18-27(35)41-19-23-13-7-3-8-14-23)33-29(37)25(17-22-11-5-2-6-12-22)34-31(40)42-20-24-15-9-4-10-16-24/h2-16,21,25-26H,17-20H2,1H3,(H,32,36)(H,33,37)(H,34,40)(H,38,39)/t21-,25-,26-/m0/s1. The summed E-state index contributed by atoms with van der Waals surface area (Å²) in [6, 6.07) is 22.7. The second kappa shape index (κ2) is 16.2. The summed E-state index contributed by atoms with van der Waals surface area (Å²) < 4.78 is 10.5. The maximum absolute atomic E-state index is 13.4. The van der Waals surface area contributed by atoms with Crippen LogP contribution in [0.3, 0.4) is 0 Å². The van der Waals surface area contributed by atoms with Crippen LogP contribution in [0.15, 0.2) is 91.0 Å². The number of aliphatic carboxylic acids is 1. The fourth-order valence-corrected chi connectivity index (χ4v) is 3.79. The summed E-state index contributed by atoms with van der Waals surface area (Å²) in [5.41, 5.74) is 2.18. The van der Waals surface area contributed by atoms with E-state index in [0.717, 1.165) is 11.1 Å². The van der Waals surface area contributed by atoms with Crippen molar-refractivity contribution in [2.24, 2.45) is 0 Å². The number of rotatable bonds is 14. The van der Waals surface area contributed by atoms with Crippen molar-refractivity contribution in [3.63, 3.8) is 0 Å². The summed E-state index contributed by atoms with van der Waals surface area (Å²) in [6.07, 6.45) is -1.39. The van der Waals surface area contributed by atoms with Gasteiger partial charge in [-0.15, -0.1) is 0 Å². The van der Waals surface area contributed by atoms with Crippen LogP contribution in [-0.2, 0) is 48.3 Å². The van der Waals surface area contributed by atoms with Crippen LogP contribution in [0.4, 0.5) is 4.79 Å². The molecule has 0 fully saturated rings. The van der Waals surface area contributed by atoms with Gasteiger partial charge in [0.15, 0.2) is 0 Å². The van der Waals surface area contributed by atoms with Crippen molar-refractivity contribution in [1.82, 2.24) is 16.0 Å². The predicted octanol–water partition coefficient (Wildman–Crippen LogP) is 2.73. The third-order valence-electron chi connectivity index (χ3n) is 6.08. The lowest BCUT2D eigenvalue weighted by Crippen LogP contribution is -2.56. The van der Waals surface area contributed by atoms with Crippen LogP contribution in [0, 0.1) is 0 Å². The van der Waals surface area contributed by atoms with Crippen molar-refractivity contribution in [3.8, 4) is 0 Å². The van der Waals surface area contributed by atoms with Gasteiger partial charge < -0.3 is 30.5 Å². The molecule has 4 N–H and O–H groups in total. The van der Waals surface area contributed by atoms with Gasteiger partial charge in [0, 0.05) is 6.42 Å². The van der Waals surface area contributed by atoms with Crippen LogP contribution in [0.25, 0.3) is 0 Å². The van der Waals surface area contributed by atoms with Crippen LogP contribution in [-0.4, -0.2) is 53.1 Å². The second-order valence-corrected chi connectivity index (χ2v) is 9.43. The second-order valence-electron chi connectivity index (χ2n) is 9.43. The Morgan fingerprint density at radius 2 is 1.12 bits per heavy atom. The fraction of sp³-hybridized carbons (Fsp3) is 0.258. The normalized spacial score (nSPS) is 12.6. The molecule has 0 saturated carbocycles. The number of nitrogens with one attached hydrogen (secondary N) is 3. The van der Waals surface area contributed by atoms with Gasteiger partial charge >= 0.3 is 18.0 Å². The predicted molar refractivity (Wildman–Crippen MR) is 152 cm³/mol. The quantitative estimate of drug-likeness (QED) is 0.214. The van der Waals surface area contributed by atoms with Crippen LogP contribution in [0.5, 0.6) is 0 Å². The van der Waals surface area contributed by atoms with Crippen molar-refractivity contribution in [2.45, 2.75) is 51.1 Å². The molecule has 0 heterocycles. The van der Waals surface area contributed by atoms with E-state index in [4.69, 9.17) is 9.47 Å². The van der Waals surface area contributed by atoms with E-state index in [9.17, 15) is 29.1 Å². The molecular weight excluding hydrogens is 542 g/mol. The number of hydrogen-bond acceptors (Lipinski definition) is 7. The molecule has 220 valence electrons. The van der Waals surface area contributed by atoms with E-state index in [2.05, 4.69) is 16.0 Å². The summed E-state index contributed by atoms with van der Waals surface area (Å²) in [5, 5.41) is 16.5. The van der Waals surface area contributed by atoms with Crippen molar-refractivity contribution in [3.05, 3.63) is 108 Å². The van der Waals surface area contributed by atoms with Gasteiger partial charge in [0.1, 0.15) is 31.3 Å². The van der Waals surface area contributed by atoms with E-state index >= 15 is 0 Å². The Hall–Kier alpha value is -5.19. The number of esters is 1. The lowest BCUT2D eigenvalue weighted by Gasteiger charge is -2.23. The van der Waals surface area contributed by atoms with Crippen molar-refractivity contribution < 1.29 is 38.6 Å². The number of amides is 3. The minimum Gasteiger partial charge on any atom is -0.480 e. The van der Waals surface area contributed by atoms with Gasteiger partial charge in [0.05, 0.1) is 6.42 Å². The molecule has 0 aliphatic heterocycles. The Kier molecular flexibility index (Phi) is 12.1. The zero-order valence-electron chi connectivity index (χ0n) is 23.0. The number of carboxylic acid groups (broad SMARTS) is 1. The Morgan fingerprint density at radius 1 is 0.643 bits per heavy atom. The van der Waals surface area contributed by atoms with E-state index in [-0.39, 0.29) is 19.6 Å².